The second-order valence-electron chi connectivity index (χ2n) is 4.85. The fraction of sp³-hybridized carbons (Fsp3) is 0.692. The van der Waals surface area contributed by atoms with E-state index in [0.717, 1.165) is 0 Å². The lowest BCUT2D eigenvalue weighted by molar-refractivity contribution is -0.136. The van der Waals surface area contributed by atoms with Gasteiger partial charge in [-0.05, 0) is 24.8 Å². The van der Waals surface area contributed by atoms with Crippen molar-refractivity contribution in [1.82, 2.24) is 10.2 Å². The van der Waals surface area contributed by atoms with Crippen LogP contribution in [0.15, 0.2) is 5.11 Å². The fourth-order valence-electron chi connectivity index (χ4n) is 1.91. The Balaban J connectivity index is 2.05. The number of ether oxygens (including phenoxy) is 1. The van der Waals surface area contributed by atoms with Gasteiger partial charge in [0.15, 0.2) is 0 Å². The van der Waals surface area contributed by atoms with E-state index in [9.17, 15) is 19.2 Å². The molecule has 0 saturated carbocycles. The minimum absolute atomic E-state index is 0.00700. The number of hydrogen-bond donors (Lipinski definition) is 1. The molecule has 1 fully saturated rings. The fourth-order valence-corrected chi connectivity index (χ4v) is 1.91. The molecule has 0 aromatic rings. The molecule has 0 spiro atoms. The Bertz CT molecular complexity index is 499. The van der Waals surface area contributed by atoms with Crippen molar-refractivity contribution < 1.29 is 23.9 Å². The van der Waals surface area contributed by atoms with Crippen molar-refractivity contribution in [3.8, 4) is 0 Å². The van der Waals surface area contributed by atoms with Crippen LogP contribution in [0, 0.1) is 0 Å². The number of nitrogens with zero attached hydrogens (tertiary/aromatic N) is 4. The number of unbranched alkanes of at least 4 members (excludes halogenated alkanes) is 1. The number of carbonyl (C=O) groups excluding carboxylic acids is 4. The molecule has 10 heteroatoms. The molecule has 23 heavy (non-hydrogen) atoms. The van der Waals surface area contributed by atoms with Crippen molar-refractivity contribution in [2.45, 2.75) is 38.5 Å². The molecule has 126 valence electrons. The Morgan fingerprint density at radius 3 is 2.57 bits per heavy atom. The summed E-state index contributed by atoms with van der Waals surface area (Å²) in [7, 11) is 0. The largest absolute Gasteiger partial charge is 0.449 e. The number of amides is 4. The van der Waals surface area contributed by atoms with Crippen molar-refractivity contribution in [3.05, 3.63) is 10.4 Å². The zero-order valence-corrected chi connectivity index (χ0v) is 12.7. The van der Waals surface area contributed by atoms with Gasteiger partial charge in [-0.1, -0.05) is 5.11 Å². The monoisotopic (exact) mass is 325 g/mol. The number of imide groups is 3. The Kier molecular flexibility index (Phi) is 8.16. The molecule has 0 aromatic heterocycles. The number of likely N-dealkylation sites (tertiary alicyclic amines) is 1. The summed E-state index contributed by atoms with van der Waals surface area (Å²) in [5, 5.41) is 6.02. The summed E-state index contributed by atoms with van der Waals surface area (Å²) in [6.07, 6.45) is 1.09. The first-order valence-corrected chi connectivity index (χ1v) is 7.36. The zero-order chi connectivity index (χ0) is 17.1. The molecular formula is C13H19N5O5. The molecule has 0 aromatic carbocycles. The average molecular weight is 325 g/mol. The predicted octanol–water partition coefficient (Wildman–Crippen LogP) is 1.26. The maximum Gasteiger partial charge on any atom is 0.423 e. The standard InChI is InChI=1S/C13H19N5O5/c14-17-16-8-2-1-4-10(19)15-7-3-9-23-13(22)18-11(20)5-6-12(18)21/h1-9H2,(H,15,19). The van der Waals surface area contributed by atoms with Gasteiger partial charge in [0.2, 0.25) is 17.7 Å². The van der Waals surface area contributed by atoms with Crippen molar-refractivity contribution in [3.63, 3.8) is 0 Å². The summed E-state index contributed by atoms with van der Waals surface area (Å²) in [5.74, 6) is -1.23. The van der Waals surface area contributed by atoms with Gasteiger partial charge in [0.05, 0.1) is 6.61 Å². The molecule has 1 aliphatic heterocycles. The number of azide groups is 1. The van der Waals surface area contributed by atoms with Gasteiger partial charge in [-0.25, -0.2) is 4.79 Å². The molecule has 0 radical (unpaired) electrons. The van der Waals surface area contributed by atoms with Crippen molar-refractivity contribution in [2.75, 3.05) is 19.7 Å². The SMILES string of the molecule is [N-]=[N+]=NCCCCC(=O)NCCCOC(=O)N1C(=O)CCC1=O. The maximum atomic E-state index is 11.5. The van der Waals surface area contributed by atoms with E-state index < -0.39 is 17.9 Å². The lowest BCUT2D eigenvalue weighted by atomic mass is 10.2. The quantitative estimate of drug-likeness (QED) is 0.223. The molecule has 1 rings (SSSR count). The third kappa shape index (κ3) is 6.79. The zero-order valence-electron chi connectivity index (χ0n) is 12.7. The summed E-state index contributed by atoms with van der Waals surface area (Å²) in [6.45, 7) is 0.699. The van der Waals surface area contributed by atoms with Crippen molar-refractivity contribution in [2.24, 2.45) is 5.11 Å². The van der Waals surface area contributed by atoms with E-state index in [2.05, 4.69) is 15.3 Å². The van der Waals surface area contributed by atoms with E-state index in [-0.39, 0.29) is 25.4 Å². The van der Waals surface area contributed by atoms with Gasteiger partial charge in [0, 0.05) is 37.3 Å². The second kappa shape index (κ2) is 10.2. The van der Waals surface area contributed by atoms with Crippen LogP contribution in [0.3, 0.4) is 0 Å². The first-order chi connectivity index (χ1) is 11.1. The van der Waals surface area contributed by atoms with Crippen LogP contribution in [0.1, 0.15) is 38.5 Å². The van der Waals surface area contributed by atoms with Gasteiger partial charge < -0.3 is 10.1 Å². The molecule has 1 N–H and O–H groups in total. The third-order valence-electron chi connectivity index (χ3n) is 3.08. The molecule has 0 bridgehead atoms. The molecule has 10 nitrogen and oxygen atoms in total. The highest BCUT2D eigenvalue weighted by molar-refractivity contribution is 6.13. The lowest BCUT2D eigenvalue weighted by Gasteiger charge is -2.12. The van der Waals surface area contributed by atoms with Crippen molar-refractivity contribution >= 4 is 23.8 Å². The Labute approximate surface area is 132 Å². The van der Waals surface area contributed by atoms with Crippen LogP contribution in [0.5, 0.6) is 0 Å². The van der Waals surface area contributed by atoms with Gasteiger partial charge >= 0.3 is 6.09 Å². The molecule has 1 heterocycles. The average Bonchev–Trinajstić information content (AvgIpc) is 2.85. The second-order valence-corrected chi connectivity index (χ2v) is 4.85. The highest BCUT2D eigenvalue weighted by Crippen LogP contribution is 2.12. The first-order valence-electron chi connectivity index (χ1n) is 7.36. The van der Waals surface area contributed by atoms with Crippen LogP contribution in [0.25, 0.3) is 10.4 Å². The normalized spacial score (nSPS) is 13.7. The number of nitrogens with one attached hydrogen (secondary N) is 1. The summed E-state index contributed by atoms with van der Waals surface area (Å²) in [4.78, 5) is 48.7. The lowest BCUT2D eigenvalue weighted by Crippen LogP contribution is -2.36. The minimum atomic E-state index is -0.957. The van der Waals surface area contributed by atoms with Crippen LogP contribution < -0.4 is 5.32 Å². The number of carbonyl (C=O) groups is 4. The molecule has 0 unspecified atom stereocenters. The van der Waals surface area contributed by atoms with Gasteiger partial charge in [-0.15, -0.1) is 0 Å². The summed E-state index contributed by atoms with van der Waals surface area (Å²) >= 11 is 0. The van der Waals surface area contributed by atoms with Gasteiger partial charge in [-0.3, -0.25) is 14.4 Å². The van der Waals surface area contributed by atoms with E-state index in [0.29, 0.717) is 43.7 Å². The van der Waals surface area contributed by atoms with Crippen LogP contribution >= 0.6 is 0 Å². The van der Waals surface area contributed by atoms with Crippen LogP contribution in [0.4, 0.5) is 4.79 Å². The van der Waals surface area contributed by atoms with Crippen LogP contribution in [-0.4, -0.2) is 48.4 Å². The first kappa shape index (κ1) is 18.4. The van der Waals surface area contributed by atoms with E-state index in [4.69, 9.17) is 10.3 Å². The van der Waals surface area contributed by atoms with Gasteiger partial charge in [0.1, 0.15) is 0 Å². The number of hydrogen-bond acceptors (Lipinski definition) is 6. The number of rotatable bonds is 9. The third-order valence-corrected chi connectivity index (χ3v) is 3.08. The molecular weight excluding hydrogens is 306 g/mol. The van der Waals surface area contributed by atoms with E-state index in [1.807, 2.05) is 0 Å². The van der Waals surface area contributed by atoms with Gasteiger partial charge in [-0.2, -0.15) is 4.90 Å². The summed E-state index contributed by atoms with van der Waals surface area (Å²) in [6, 6.07) is 0. The highest BCUT2D eigenvalue weighted by atomic mass is 16.6. The minimum Gasteiger partial charge on any atom is -0.449 e. The molecule has 4 amide bonds. The van der Waals surface area contributed by atoms with Crippen molar-refractivity contribution in [1.29, 1.82) is 0 Å². The highest BCUT2D eigenvalue weighted by Gasteiger charge is 2.35. The van der Waals surface area contributed by atoms with Crippen LogP contribution in [-0.2, 0) is 19.1 Å². The summed E-state index contributed by atoms with van der Waals surface area (Å²) in [5.41, 5.74) is 8.08. The topological polar surface area (TPSA) is 142 Å². The van der Waals surface area contributed by atoms with Gasteiger partial charge in [0.25, 0.3) is 0 Å². The van der Waals surface area contributed by atoms with E-state index >= 15 is 0 Å². The van der Waals surface area contributed by atoms with Crippen LogP contribution in [0.2, 0.25) is 0 Å². The molecule has 1 saturated heterocycles. The predicted molar refractivity (Wildman–Crippen MR) is 77.9 cm³/mol. The van der Waals surface area contributed by atoms with E-state index in [1.54, 1.807) is 0 Å². The Morgan fingerprint density at radius 2 is 1.91 bits per heavy atom. The van der Waals surface area contributed by atoms with E-state index in [1.165, 1.54) is 0 Å². The maximum absolute atomic E-state index is 11.5. The molecule has 0 aliphatic carbocycles. The molecule has 0 atom stereocenters. The summed E-state index contributed by atoms with van der Waals surface area (Å²) < 4.78 is 4.82. The Hall–Kier alpha value is -2.61. The molecule has 1 aliphatic rings. The smallest absolute Gasteiger partial charge is 0.423 e. The Morgan fingerprint density at radius 1 is 1.22 bits per heavy atom.